The van der Waals surface area contributed by atoms with Gasteiger partial charge in [0.25, 0.3) is 0 Å². The Morgan fingerprint density at radius 3 is 1.68 bits per heavy atom. The molecule has 2 rings (SSSR count). The fourth-order valence-corrected chi connectivity index (χ4v) is 2.03. The first kappa shape index (κ1) is 13.2. The van der Waals surface area contributed by atoms with Gasteiger partial charge in [-0.05, 0) is 48.5 Å². The summed E-state index contributed by atoms with van der Waals surface area (Å²) >= 11 is 0. The largest absolute Gasteiger partial charge is 0.508 e. The van der Waals surface area contributed by atoms with E-state index in [0.717, 1.165) is 6.26 Å². The molecule has 0 aliphatic rings. The highest BCUT2D eigenvalue weighted by atomic mass is 32.2. The lowest BCUT2D eigenvalue weighted by molar-refractivity contribution is 0.475. The molecule has 0 spiro atoms. The minimum Gasteiger partial charge on any atom is -0.508 e. The summed E-state index contributed by atoms with van der Waals surface area (Å²) in [6.07, 6.45) is 1.15. The predicted octanol–water partition coefficient (Wildman–Crippen LogP) is 3.21. The number of sulfone groups is 1. The molecule has 0 saturated heterocycles. The second-order valence-electron chi connectivity index (χ2n) is 3.98. The van der Waals surface area contributed by atoms with Crippen molar-refractivity contribution in [3.05, 3.63) is 48.5 Å². The molecule has 0 aliphatic carbocycles. The first-order chi connectivity index (χ1) is 8.95. The first-order valence-corrected chi connectivity index (χ1v) is 7.35. The van der Waals surface area contributed by atoms with Crippen molar-refractivity contribution in [2.45, 2.75) is 4.90 Å². The number of aromatic hydroxyl groups is 1. The molecule has 2 aromatic carbocycles. The Kier molecular flexibility index (Phi) is 3.62. The molecule has 0 unspecified atom stereocenters. The summed E-state index contributed by atoms with van der Waals surface area (Å²) in [7, 11) is -3.19. The minimum atomic E-state index is -3.19. The molecule has 0 fully saturated rings. The van der Waals surface area contributed by atoms with Crippen LogP contribution in [0.4, 0.5) is 11.4 Å². The molecule has 5 nitrogen and oxygen atoms in total. The molecule has 0 aliphatic heterocycles. The standard InChI is InChI=1S/C13H12N2O3S/c1-19(17,18)13-8-4-11(5-9-13)15-14-10-2-6-12(16)7-3-10/h2-9,16H,1H3. The van der Waals surface area contributed by atoms with Crippen molar-refractivity contribution in [3.63, 3.8) is 0 Å². The molecule has 0 heterocycles. The number of phenolic OH excluding ortho intramolecular Hbond substituents is 1. The molecule has 0 radical (unpaired) electrons. The third kappa shape index (κ3) is 3.62. The SMILES string of the molecule is CS(=O)(=O)c1ccc(N=Nc2ccc(O)cc2)cc1. The third-order valence-corrected chi connectivity index (χ3v) is 3.52. The van der Waals surface area contributed by atoms with Crippen LogP contribution in [0, 0.1) is 0 Å². The van der Waals surface area contributed by atoms with Gasteiger partial charge >= 0.3 is 0 Å². The Bertz CT molecular complexity index is 690. The number of hydrogen-bond acceptors (Lipinski definition) is 5. The average Bonchev–Trinajstić information content (AvgIpc) is 2.37. The highest BCUT2D eigenvalue weighted by Crippen LogP contribution is 2.21. The lowest BCUT2D eigenvalue weighted by atomic mass is 10.3. The zero-order valence-electron chi connectivity index (χ0n) is 10.2. The van der Waals surface area contributed by atoms with E-state index in [9.17, 15) is 8.42 Å². The summed E-state index contributed by atoms with van der Waals surface area (Å²) < 4.78 is 22.6. The van der Waals surface area contributed by atoms with Gasteiger partial charge in [0.05, 0.1) is 16.3 Å². The van der Waals surface area contributed by atoms with Gasteiger partial charge in [0.1, 0.15) is 5.75 Å². The Hall–Kier alpha value is -2.21. The molecule has 6 heteroatoms. The fourth-order valence-electron chi connectivity index (χ4n) is 1.39. The Labute approximate surface area is 111 Å². The lowest BCUT2D eigenvalue weighted by Gasteiger charge is -1.98. The number of hydrogen-bond donors (Lipinski definition) is 1. The molecule has 0 aromatic heterocycles. The highest BCUT2D eigenvalue weighted by molar-refractivity contribution is 7.90. The second-order valence-corrected chi connectivity index (χ2v) is 6.00. The molecule has 0 saturated carbocycles. The van der Waals surface area contributed by atoms with Gasteiger partial charge in [0.2, 0.25) is 0 Å². The fraction of sp³-hybridized carbons (Fsp3) is 0.0769. The van der Waals surface area contributed by atoms with Crippen LogP contribution in [0.3, 0.4) is 0 Å². The minimum absolute atomic E-state index is 0.163. The number of azo groups is 1. The Balaban J connectivity index is 2.18. The van der Waals surface area contributed by atoms with Gasteiger partial charge in [-0.3, -0.25) is 0 Å². The molecule has 1 N–H and O–H groups in total. The predicted molar refractivity (Wildman–Crippen MR) is 71.8 cm³/mol. The van der Waals surface area contributed by atoms with Crippen molar-refractivity contribution >= 4 is 21.2 Å². The number of nitrogens with zero attached hydrogens (tertiary/aromatic N) is 2. The second kappa shape index (κ2) is 5.19. The molecule has 0 amide bonds. The molecular formula is C13H12N2O3S. The maximum Gasteiger partial charge on any atom is 0.175 e. The quantitative estimate of drug-likeness (QED) is 0.874. The van der Waals surface area contributed by atoms with E-state index in [-0.39, 0.29) is 10.6 Å². The van der Waals surface area contributed by atoms with E-state index in [1.165, 1.54) is 24.3 Å². The van der Waals surface area contributed by atoms with Gasteiger partial charge in [-0.15, -0.1) is 0 Å². The van der Waals surface area contributed by atoms with E-state index in [1.807, 2.05) is 0 Å². The van der Waals surface area contributed by atoms with Crippen molar-refractivity contribution in [2.24, 2.45) is 10.2 Å². The van der Waals surface area contributed by atoms with Crippen molar-refractivity contribution in [3.8, 4) is 5.75 Å². The van der Waals surface area contributed by atoms with E-state index in [1.54, 1.807) is 24.3 Å². The normalized spacial score (nSPS) is 11.8. The van der Waals surface area contributed by atoms with Crippen LogP contribution in [-0.2, 0) is 9.84 Å². The molecule has 0 atom stereocenters. The van der Waals surface area contributed by atoms with E-state index in [2.05, 4.69) is 10.2 Å². The maximum absolute atomic E-state index is 11.3. The van der Waals surface area contributed by atoms with Crippen LogP contribution in [0.2, 0.25) is 0 Å². The van der Waals surface area contributed by atoms with Crippen molar-refractivity contribution in [1.82, 2.24) is 0 Å². The average molecular weight is 276 g/mol. The van der Waals surface area contributed by atoms with Crippen LogP contribution in [0.5, 0.6) is 5.75 Å². The lowest BCUT2D eigenvalue weighted by Crippen LogP contribution is -1.95. The van der Waals surface area contributed by atoms with Crippen molar-refractivity contribution < 1.29 is 13.5 Å². The third-order valence-electron chi connectivity index (χ3n) is 2.40. The summed E-state index contributed by atoms with van der Waals surface area (Å²) in [5.41, 5.74) is 1.16. The van der Waals surface area contributed by atoms with Gasteiger partial charge in [0, 0.05) is 6.26 Å². The molecular weight excluding hydrogens is 264 g/mol. The van der Waals surface area contributed by atoms with E-state index >= 15 is 0 Å². The molecule has 19 heavy (non-hydrogen) atoms. The van der Waals surface area contributed by atoms with E-state index < -0.39 is 9.84 Å². The van der Waals surface area contributed by atoms with Crippen LogP contribution in [0.1, 0.15) is 0 Å². The van der Waals surface area contributed by atoms with Crippen molar-refractivity contribution in [2.75, 3.05) is 6.26 Å². The van der Waals surface area contributed by atoms with Gasteiger partial charge < -0.3 is 5.11 Å². The number of rotatable bonds is 3. The highest BCUT2D eigenvalue weighted by Gasteiger charge is 2.05. The summed E-state index contributed by atoms with van der Waals surface area (Å²) in [6, 6.07) is 12.4. The van der Waals surface area contributed by atoms with Crippen LogP contribution in [-0.4, -0.2) is 19.8 Å². The summed E-state index contributed by atoms with van der Waals surface area (Å²) in [4.78, 5) is 0.246. The monoisotopic (exact) mass is 276 g/mol. The summed E-state index contributed by atoms with van der Waals surface area (Å²) in [6.45, 7) is 0. The topological polar surface area (TPSA) is 79.1 Å². The number of benzene rings is 2. The first-order valence-electron chi connectivity index (χ1n) is 5.46. The Morgan fingerprint density at radius 2 is 1.26 bits per heavy atom. The summed E-state index contributed by atoms with van der Waals surface area (Å²) in [5.74, 6) is 0.163. The van der Waals surface area contributed by atoms with Gasteiger partial charge in [0.15, 0.2) is 9.84 Å². The van der Waals surface area contributed by atoms with Crippen LogP contribution < -0.4 is 0 Å². The van der Waals surface area contributed by atoms with Crippen molar-refractivity contribution in [1.29, 1.82) is 0 Å². The molecule has 98 valence electrons. The summed E-state index contributed by atoms with van der Waals surface area (Å²) in [5, 5.41) is 17.1. The van der Waals surface area contributed by atoms with E-state index in [0.29, 0.717) is 11.4 Å². The zero-order valence-corrected chi connectivity index (χ0v) is 11.0. The van der Waals surface area contributed by atoms with E-state index in [4.69, 9.17) is 5.11 Å². The molecule has 0 bridgehead atoms. The maximum atomic E-state index is 11.3. The molecule has 2 aromatic rings. The smallest absolute Gasteiger partial charge is 0.175 e. The van der Waals surface area contributed by atoms with Gasteiger partial charge in [-0.2, -0.15) is 10.2 Å². The van der Waals surface area contributed by atoms with Crippen LogP contribution in [0.25, 0.3) is 0 Å². The van der Waals surface area contributed by atoms with Gasteiger partial charge in [-0.25, -0.2) is 8.42 Å². The van der Waals surface area contributed by atoms with Crippen LogP contribution in [0.15, 0.2) is 63.7 Å². The Morgan fingerprint density at radius 1 is 0.842 bits per heavy atom. The zero-order chi connectivity index (χ0) is 13.9. The van der Waals surface area contributed by atoms with Crippen LogP contribution >= 0.6 is 0 Å². The van der Waals surface area contributed by atoms with Gasteiger partial charge in [-0.1, -0.05) is 0 Å². The number of phenols is 1.